The maximum absolute atomic E-state index is 10.6. The molecule has 0 aromatic carbocycles. The van der Waals surface area contributed by atoms with Gasteiger partial charge >= 0.3 is 16.4 Å². The van der Waals surface area contributed by atoms with Crippen LogP contribution in [0, 0.1) is 0 Å². The van der Waals surface area contributed by atoms with Crippen molar-refractivity contribution in [1.82, 2.24) is 20.2 Å². The zero-order valence-corrected chi connectivity index (χ0v) is 6.88. The van der Waals surface area contributed by atoms with Gasteiger partial charge < -0.3 is 4.18 Å². The summed E-state index contributed by atoms with van der Waals surface area (Å²) in [6.07, 6.45) is 1.09. The molecule has 1 N–H and O–H groups in total. The minimum Gasteiger partial charge on any atom is -0.323 e. The van der Waals surface area contributed by atoms with E-state index in [1.807, 2.05) is 0 Å². The molecule has 72 valence electrons. The first kappa shape index (κ1) is 9.54. The van der Waals surface area contributed by atoms with Gasteiger partial charge in [0.1, 0.15) is 12.9 Å². The highest BCUT2D eigenvalue weighted by Gasteiger charge is 2.13. The van der Waals surface area contributed by atoms with E-state index in [1.54, 1.807) is 0 Å². The molecule has 1 aromatic heterocycles. The van der Waals surface area contributed by atoms with Crippen LogP contribution < -0.4 is 0 Å². The minimum absolute atomic E-state index is 0.493. The van der Waals surface area contributed by atoms with Crippen LogP contribution >= 0.6 is 0 Å². The summed E-state index contributed by atoms with van der Waals surface area (Å²) in [5, 5.41) is 9.63. The Morgan fingerprint density at radius 2 is 2.31 bits per heavy atom. The van der Waals surface area contributed by atoms with Gasteiger partial charge in [0.25, 0.3) is 0 Å². The zero-order chi connectivity index (χ0) is 9.90. The standard InChI is InChI=1S/C3H4N4O5S/c8-3(12-13(9,10)11)1-7-2-4-5-6-7/h2H,1H2,(H,9,10,11). The van der Waals surface area contributed by atoms with Crippen LogP contribution in [0.3, 0.4) is 0 Å². The van der Waals surface area contributed by atoms with Gasteiger partial charge in [-0.1, -0.05) is 0 Å². The highest BCUT2D eigenvalue weighted by Crippen LogP contribution is 1.89. The molecular formula is C3H4N4O5S. The van der Waals surface area contributed by atoms with Crippen molar-refractivity contribution < 1.29 is 21.9 Å². The van der Waals surface area contributed by atoms with Gasteiger partial charge in [-0.05, 0) is 10.4 Å². The van der Waals surface area contributed by atoms with Crippen molar-refractivity contribution in [2.75, 3.05) is 0 Å². The number of tetrazole rings is 1. The Kier molecular flexibility index (Phi) is 2.53. The summed E-state index contributed by atoms with van der Waals surface area (Å²) in [6, 6.07) is 0. The maximum atomic E-state index is 10.6. The van der Waals surface area contributed by atoms with Gasteiger partial charge in [0.05, 0.1) is 0 Å². The number of hydrogen-bond donors (Lipinski definition) is 1. The molecule has 0 radical (unpaired) electrons. The normalized spacial score (nSPS) is 11.2. The van der Waals surface area contributed by atoms with E-state index < -0.39 is 22.9 Å². The first-order chi connectivity index (χ1) is 5.97. The smallest absolute Gasteiger partial charge is 0.323 e. The topological polar surface area (TPSA) is 124 Å². The van der Waals surface area contributed by atoms with E-state index in [4.69, 9.17) is 4.55 Å². The lowest BCUT2D eigenvalue weighted by atomic mass is 10.7. The molecule has 0 saturated carbocycles. The third-order valence-electron chi connectivity index (χ3n) is 0.881. The van der Waals surface area contributed by atoms with E-state index in [0.29, 0.717) is 0 Å². The van der Waals surface area contributed by atoms with Gasteiger partial charge in [-0.25, -0.2) is 9.48 Å². The number of aromatic nitrogens is 4. The second-order valence-electron chi connectivity index (χ2n) is 1.89. The van der Waals surface area contributed by atoms with Crippen LogP contribution in [-0.4, -0.2) is 39.1 Å². The fourth-order valence-electron chi connectivity index (χ4n) is 0.529. The molecule has 0 spiro atoms. The fourth-order valence-corrected chi connectivity index (χ4v) is 0.816. The molecule has 1 heterocycles. The van der Waals surface area contributed by atoms with E-state index in [9.17, 15) is 13.2 Å². The lowest BCUT2D eigenvalue weighted by Crippen LogP contribution is -2.17. The molecule has 1 rings (SSSR count). The molecule has 9 nitrogen and oxygen atoms in total. The van der Waals surface area contributed by atoms with Gasteiger partial charge in [-0.2, -0.15) is 8.42 Å². The van der Waals surface area contributed by atoms with Crippen molar-refractivity contribution in [1.29, 1.82) is 0 Å². The SMILES string of the molecule is O=C(Cn1cnnn1)OS(=O)(=O)O. The summed E-state index contributed by atoms with van der Waals surface area (Å²) in [5.74, 6) is -1.19. The van der Waals surface area contributed by atoms with Crippen molar-refractivity contribution in [3.05, 3.63) is 6.33 Å². The summed E-state index contributed by atoms with van der Waals surface area (Å²) in [6.45, 7) is -0.493. The van der Waals surface area contributed by atoms with E-state index in [2.05, 4.69) is 19.7 Å². The Morgan fingerprint density at radius 1 is 1.62 bits per heavy atom. The van der Waals surface area contributed by atoms with E-state index >= 15 is 0 Å². The second-order valence-corrected chi connectivity index (χ2v) is 2.91. The molecule has 0 saturated heterocycles. The van der Waals surface area contributed by atoms with Crippen LogP contribution in [0.15, 0.2) is 6.33 Å². The molecular weight excluding hydrogens is 204 g/mol. The predicted molar refractivity (Wildman–Crippen MR) is 35.5 cm³/mol. The molecule has 0 aliphatic rings. The maximum Gasteiger partial charge on any atom is 0.449 e. The van der Waals surface area contributed by atoms with Crippen LogP contribution in [0.2, 0.25) is 0 Å². The predicted octanol–water partition coefficient (Wildman–Crippen LogP) is -1.98. The minimum atomic E-state index is -4.76. The van der Waals surface area contributed by atoms with E-state index in [1.165, 1.54) is 0 Å². The summed E-state index contributed by atoms with van der Waals surface area (Å²) in [4.78, 5) is 10.6. The Hall–Kier alpha value is -1.55. The Bertz CT molecular complexity index is 382. The van der Waals surface area contributed by atoms with E-state index in [0.717, 1.165) is 11.0 Å². The zero-order valence-electron chi connectivity index (χ0n) is 6.06. The molecule has 10 heteroatoms. The number of nitrogens with zero attached hydrogens (tertiary/aromatic N) is 4. The lowest BCUT2D eigenvalue weighted by molar-refractivity contribution is -0.135. The van der Waals surface area contributed by atoms with Crippen molar-refractivity contribution in [2.45, 2.75) is 6.54 Å². The van der Waals surface area contributed by atoms with Crippen molar-refractivity contribution in [3.63, 3.8) is 0 Å². The summed E-state index contributed by atoms with van der Waals surface area (Å²) in [5.41, 5.74) is 0. The Morgan fingerprint density at radius 3 is 2.77 bits per heavy atom. The van der Waals surface area contributed by atoms with Crippen LogP contribution in [-0.2, 0) is 25.9 Å². The van der Waals surface area contributed by atoms with Crippen molar-refractivity contribution in [3.8, 4) is 0 Å². The largest absolute Gasteiger partial charge is 0.449 e. The molecule has 0 fully saturated rings. The van der Waals surface area contributed by atoms with Crippen LogP contribution in [0.4, 0.5) is 0 Å². The highest BCUT2D eigenvalue weighted by atomic mass is 32.3. The van der Waals surface area contributed by atoms with Gasteiger partial charge in [0.2, 0.25) is 0 Å². The fraction of sp³-hybridized carbons (Fsp3) is 0.333. The summed E-state index contributed by atoms with van der Waals surface area (Å²) < 4.78 is 32.6. The molecule has 13 heavy (non-hydrogen) atoms. The van der Waals surface area contributed by atoms with Gasteiger partial charge in [-0.15, -0.1) is 5.10 Å². The lowest BCUT2D eigenvalue weighted by Gasteiger charge is -1.97. The van der Waals surface area contributed by atoms with Crippen molar-refractivity contribution >= 4 is 16.4 Å². The number of rotatable bonds is 3. The third kappa shape index (κ3) is 3.57. The number of hydrogen-bond acceptors (Lipinski definition) is 7. The molecule has 0 atom stereocenters. The monoisotopic (exact) mass is 208 g/mol. The van der Waals surface area contributed by atoms with Crippen LogP contribution in [0.5, 0.6) is 0 Å². The first-order valence-electron chi connectivity index (χ1n) is 2.88. The van der Waals surface area contributed by atoms with Crippen LogP contribution in [0.1, 0.15) is 0 Å². The average Bonchev–Trinajstić information content (AvgIpc) is 2.34. The molecule has 0 amide bonds. The second kappa shape index (κ2) is 3.45. The summed E-state index contributed by atoms with van der Waals surface area (Å²) >= 11 is 0. The van der Waals surface area contributed by atoms with E-state index in [-0.39, 0.29) is 0 Å². The Labute approximate surface area is 72.3 Å². The molecule has 0 aliphatic heterocycles. The number of carbonyl (C=O) groups is 1. The molecule has 0 unspecified atom stereocenters. The van der Waals surface area contributed by atoms with Gasteiger partial charge in [0.15, 0.2) is 0 Å². The molecule has 0 bridgehead atoms. The van der Waals surface area contributed by atoms with Crippen molar-refractivity contribution in [2.24, 2.45) is 0 Å². The highest BCUT2D eigenvalue weighted by molar-refractivity contribution is 7.81. The summed E-state index contributed by atoms with van der Waals surface area (Å²) in [7, 11) is -4.76. The molecule has 0 aliphatic carbocycles. The Balaban J connectivity index is 2.53. The van der Waals surface area contributed by atoms with Gasteiger partial charge in [0, 0.05) is 0 Å². The van der Waals surface area contributed by atoms with Crippen LogP contribution in [0.25, 0.3) is 0 Å². The third-order valence-corrected chi connectivity index (χ3v) is 1.28. The molecule has 1 aromatic rings. The quantitative estimate of drug-likeness (QED) is 0.566. The number of carbonyl (C=O) groups excluding carboxylic acids is 1. The average molecular weight is 208 g/mol. The first-order valence-corrected chi connectivity index (χ1v) is 4.24. The van der Waals surface area contributed by atoms with Gasteiger partial charge in [-0.3, -0.25) is 4.55 Å².